The zero-order valence-electron chi connectivity index (χ0n) is 27.0. The van der Waals surface area contributed by atoms with Gasteiger partial charge >= 0.3 is 5.97 Å². The van der Waals surface area contributed by atoms with Gasteiger partial charge in [-0.25, -0.2) is 4.79 Å². The molecule has 4 heteroatoms. The van der Waals surface area contributed by atoms with Gasteiger partial charge in [0.2, 0.25) is 0 Å². The van der Waals surface area contributed by atoms with Crippen molar-refractivity contribution in [1.29, 1.82) is 0 Å². The summed E-state index contributed by atoms with van der Waals surface area (Å²) in [5, 5.41) is 0. The molecule has 0 amide bonds. The standard InChI is InChI=1S/C25H32O2.C13H20O2/c1-5-26-18-9-19-27-24(20-22-10-7-6-8-11-22)17-14-21-12-15-23(16-13-21)25(2,3)4;1-5-11(14)15-10-8-9-6-7-13(10,4)12(9,2)3/h6-8,10-17,20H,5,9,18-19H2,1-4H3;5,9-10H,1,6-8H2,2-4H3. The first kappa shape index (κ1) is 33.4. The monoisotopic (exact) mass is 572 g/mol. The number of esters is 1. The number of fused-ring (bicyclic) bond motifs is 2. The van der Waals surface area contributed by atoms with Crippen LogP contribution < -0.4 is 0 Å². The van der Waals surface area contributed by atoms with E-state index in [2.05, 4.69) is 96.7 Å². The highest BCUT2D eigenvalue weighted by molar-refractivity contribution is 5.81. The molecule has 0 aromatic heterocycles. The minimum Gasteiger partial charge on any atom is -0.493 e. The van der Waals surface area contributed by atoms with E-state index in [1.54, 1.807) is 0 Å². The fourth-order valence-corrected chi connectivity index (χ4v) is 6.12. The molecule has 2 bridgehead atoms. The van der Waals surface area contributed by atoms with E-state index in [-0.39, 0.29) is 22.9 Å². The molecule has 228 valence electrons. The van der Waals surface area contributed by atoms with Crippen LogP contribution in [0.4, 0.5) is 0 Å². The van der Waals surface area contributed by atoms with Gasteiger partial charge < -0.3 is 14.2 Å². The largest absolute Gasteiger partial charge is 0.493 e. The molecule has 2 aliphatic rings. The van der Waals surface area contributed by atoms with E-state index >= 15 is 0 Å². The molecular weight excluding hydrogens is 520 g/mol. The molecule has 2 aromatic carbocycles. The fraction of sp³-hybridized carbons (Fsp3) is 0.500. The van der Waals surface area contributed by atoms with Crippen molar-refractivity contribution in [2.75, 3.05) is 19.8 Å². The van der Waals surface area contributed by atoms with Gasteiger partial charge in [0.25, 0.3) is 0 Å². The third kappa shape index (κ3) is 8.70. The zero-order valence-corrected chi connectivity index (χ0v) is 27.0. The quantitative estimate of drug-likeness (QED) is 0.0884. The molecule has 42 heavy (non-hydrogen) atoms. The Balaban J connectivity index is 0.000000271. The summed E-state index contributed by atoms with van der Waals surface area (Å²) in [5.74, 6) is 1.30. The summed E-state index contributed by atoms with van der Waals surface area (Å²) in [4.78, 5) is 11.3. The van der Waals surface area contributed by atoms with Crippen LogP contribution in [-0.2, 0) is 24.4 Å². The molecule has 0 heterocycles. The van der Waals surface area contributed by atoms with Gasteiger partial charge in [-0.15, -0.1) is 0 Å². The Hall–Kier alpha value is -3.11. The predicted molar refractivity (Wildman–Crippen MR) is 175 cm³/mol. The van der Waals surface area contributed by atoms with Crippen molar-refractivity contribution >= 4 is 18.1 Å². The van der Waals surface area contributed by atoms with Gasteiger partial charge in [0.1, 0.15) is 11.9 Å². The van der Waals surface area contributed by atoms with Gasteiger partial charge in [0.05, 0.1) is 6.61 Å². The molecule has 2 aliphatic carbocycles. The topological polar surface area (TPSA) is 44.8 Å². The third-order valence-corrected chi connectivity index (χ3v) is 9.37. The zero-order chi connectivity index (χ0) is 30.8. The highest BCUT2D eigenvalue weighted by atomic mass is 16.5. The van der Waals surface area contributed by atoms with Gasteiger partial charge in [-0.1, -0.05) is 109 Å². The molecule has 0 spiro atoms. The summed E-state index contributed by atoms with van der Waals surface area (Å²) >= 11 is 0. The summed E-state index contributed by atoms with van der Waals surface area (Å²) in [5.41, 5.74) is 4.27. The second-order valence-electron chi connectivity index (χ2n) is 13.3. The smallest absolute Gasteiger partial charge is 0.330 e. The lowest BCUT2D eigenvalue weighted by Crippen LogP contribution is -2.38. The highest BCUT2D eigenvalue weighted by Gasteiger charge is 2.62. The lowest BCUT2D eigenvalue weighted by molar-refractivity contribution is -0.150. The number of allylic oxidation sites excluding steroid dienone is 1. The first-order valence-corrected chi connectivity index (χ1v) is 15.5. The van der Waals surface area contributed by atoms with Crippen molar-refractivity contribution in [3.8, 4) is 0 Å². The number of benzene rings is 2. The van der Waals surface area contributed by atoms with Crippen LogP contribution in [0.25, 0.3) is 12.2 Å². The van der Waals surface area contributed by atoms with Crippen LogP contribution in [0.1, 0.15) is 90.8 Å². The molecule has 0 N–H and O–H groups in total. The van der Waals surface area contributed by atoms with E-state index in [1.807, 2.05) is 31.2 Å². The molecule has 4 rings (SSSR count). The maximum absolute atomic E-state index is 11.3. The number of carbonyl (C=O) groups is 1. The molecule has 2 aromatic rings. The van der Waals surface area contributed by atoms with Crippen LogP contribution >= 0.6 is 0 Å². The Morgan fingerprint density at radius 3 is 2.24 bits per heavy atom. The second-order valence-corrected chi connectivity index (χ2v) is 13.3. The average Bonchev–Trinajstić information content (AvgIpc) is 3.30. The van der Waals surface area contributed by atoms with Gasteiger partial charge in [-0.05, 0) is 71.8 Å². The van der Waals surface area contributed by atoms with E-state index in [1.165, 1.54) is 30.0 Å². The lowest BCUT2D eigenvalue weighted by Gasteiger charge is -2.38. The summed E-state index contributed by atoms with van der Waals surface area (Å²) < 4.78 is 16.8. The number of ether oxygens (including phenoxy) is 3. The molecule has 0 saturated heterocycles. The maximum atomic E-state index is 11.3. The Morgan fingerprint density at radius 2 is 1.69 bits per heavy atom. The summed E-state index contributed by atoms with van der Waals surface area (Å²) in [7, 11) is 0. The van der Waals surface area contributed by atoms with Crippen LogP contribution in [0.2, 0.25) is 0 Å². The van der Waals surface area contributed by atoms with Gasteiger partial charge in [0.15, 0.2) is 0 Å². The minimum absolute atomic E-state index is 0.0942. The highest BCUT2D eigenvalue weighted by Crippen LogP contribution is 2.66. The summed E-state index contributed by atoms with van der Waals surface area (Å²) in [6, 6.07) is 19.0. The molecule has 2 fully saturated rings. The van der Waals surface area contributed by atoms with E-state index in [9.17, 15) is 4.79 Å². The molecule has 3 unspecified atom stereocenters. The van der Waals surface area contributed by atoms with Crippen molar-refractivity contribution < 1.29 is 19.0 Å². The number of rotatable bonds is 11. The predicted octanol–water partition coefficient (Wildman–Crippen LogP) is 9.41. The van der Waals surface area contributed by atoms with Crippen LogP contribution in [0.5, 0.6) is 0 Å². The van der Waals surface area contributed by atoms with Crippen molar-refractivity contribution in [2.24, 2.45) is 16.7 Å². The Kier molecular flexibility index (Phi) is 11.8. The summed E-state index contributed by atoms with van der Waals surface area (Å²) in [6.07, 6.45) is 12.0. The van der Waals surface area contributed by atoms with Gasteiger partial charge in [-0.2, -0.15) is 0 Å². The van der Waals surface area contributed by atoms with Crippen LogP contribution in [0, 0.1) is 16.7 Å². The molecular formula is C38H52O4. The Bertz CT molecular complexity index is 1200. The van der Waals surface area contributed by atoms with Crippen LogP contribution in [0.3, 0.4) is 0 Å². The van der Waals surface area contributed by atoms with Gasteiger partial charge in [-0.3, -0.25) is 0 Å². The number of hydrogen-bond acceptors (Lipinski definition) is 4. The third-order valence-electron chi connectivity index (χ3n) is 9.37. The van der Waals surface area contributed by atoms with Crippen molar-refractivity contribution in [1.82, 2.24) is 0 Å². The normalized spacial score (nSPS) is 22.9. The molecule has 3 atom stereocenters. The summed E-state index contributed by atoms with van der Waals surface area (Å²) in [6.45, 7) is 21.2. The maximum Gasteiger partial charge on any atom is 0.330 e. The number of carbonyl (C=O) groups excluding carboxylic acids is 1. The van der Waals surface area contributed by atoms with Gasteiger partial charge in [0, 0.05) is 31.1 Å². The second kappa shape index (κ2) is 14.9. The average molecular weight is 573 g/mol. The van der Waals surface area contributed by atoms with E-state index in [0.717, 1.165) is 37.4 Å². The van der Waals surface area contributed by atoms with Crippen LogP contribution in [-0.4, -0.2) is 31.9 Å². The van der Waals surface area contributed by atoms with E-state index in [4.69, 9.17) is 14.2 Å². The molecule has 0 aliphatic heterocycles. The first-order chi connectivity index (χ1) is 19.9. The van der Waals surface area contributed by atoms with Crippen molar-refractivity contribution in [3.05, 3.63) is 95.8 Å². The Morgan fingerprint density at radius 1 is 1.00 bits per heavy atom. The number of hydrogen-bond donors (Lipinski definition) is 0. The first-order valence-electron chi connectivity index (χ1n) is 15.5. The van der Waals surface area contributed by atoms with Crippen molar-refractivity contribution in [2.45, 2.75) is 85.7 Å². The van der Waals surface area contributed by atoms with E-state index < -0.39 is 0 Å². The van der Waals surface area contributed by atoms with Crippen LogP contribution in [0.15, 0.2) is 79.1 Å². The SMILES string of the molecule is C=CC(=O)OC1CC2CCC1(C)C2(C)C.CCOCCCOC(C=Cc1ccc(C(C)(C)C)cc1)=Cc1ccccc1. The molecule has 4 nitrogen and oxygen atoms in total. The Labute approximate surface area is 254 Å². The van der Waals surface area contributed by atoms with Crippen molar-refractivity contribution in [3.63, 3.8) is 0 Å². The lowest BCUT2D eigenvalue weighted by atomic mass is 9.70. The van der Waals surface area contributed by atoms with E-state index in [0.29, 0.717) is 17.9 Å². The molecule has 2 saturated carbocycles. The fourth-order valence-electron chi connectivity index (χ4n) is 6.12. The minimum atomic E-state index is -0.274. The molecule has 0 radical (unpaired) electrons.